The van der Waals surface area contributed by atoms with E-state index in [1.165, 1.54) is 6.07 Å². The summed E-state index contributed by atoms with van der Waals surface area (Å²) in [4.78, 5) is 23.6. The second kappa shape index (κ2) is 7.69. The van der Waals surface area contributed by atoms with Crippen LogP contribution in [0.25, 0.3) is 11.0 Å². The molecular formula is C19H16INO4. The monoisotopic (exact) mass is 449 g/mol. The molecule has 0 aliphatic rings. The van der Waals surface area contributed by atoms with Crippen LogP contribution in [0.5, 0.6) is 5.75 Å². The van der Waals surface area contributed by atoms with E-state index in [2.05, 4.69) is 27.9 Å². The standard InChI is InChI=1S/C19H16INO4/c1-2-12-8-19(23)25-17-10-15(6-7-16(12)17)24-11-18(22)21-14-5-3-4-13(20)9-14/h3-10H,2,11H2,1H3,(H,21,22). The summed E-state index contributed by atoms with van der Waals surface area (Å²) in [6, 6.07) is 14.2. The number of ether oxygens (including phenoxy) is 1. The minimum absolute atomic E-state index is 0.130. The van der Waals surface area contributed by atoms with Gasteiger partial charge in [0, 0.05) is 26.8 Å². The Bertz CT molecular complexity index is 981. The number of rotatable bonds is 5. The molecule has 0 bridgehead atoms. The Morgan fingerprint density at radius 1 is 1.20 bits per heavy atom. The fraction of sp³-hybridized carbons (Fsp3) is 0.158. The largest absolute Gasteiger partial charge is 0.484 e. The minimum Gasteiger partial charge on any atom is -0.484 e. The zero-order valence-corrected chi connectivity index (χ0v) is 15.7. The van der Waals surface area contributed by atoms with Crippen molar-refractivity contribution in [3.05, 3.63) is 68.1 Å². The fourth-order valence-electron chi connectivity index (χ4n) is 2.50. The van der Waals surface area contributed by atoms with E-state index < -0.39 is 5.63 Å². The maximum absolute atomic E-state index is 12.0. The average molecular weight is 449 g/mol. The third-order valence-electron chi connectivity index (χ3n) is 3.66. The molecule has 0 unspecified atom stereocenters. The molecule has 128 valence electrons. The number of benzene rings is 2. The van der Waals surface area contributed by atoms with Crippen LogP contribution in [0.2, 0.25) is 0 Å². The molecular weight excluding hydrogens is 433 g/mol. The Balaban J connectivity index is 1.70. The smallest absolute Gasteiger partial charge is 0.336 e. The number of fused-ring (bicyclic) bond motifs is 1. The summed E-state index contributed by atoms with van der Waals surface area (Å²) in [6.45, 7) is 1.85. The Labute approximate surface area is 158 Å². The van der Waals surface area contributed by atoms with Crippen LogP contribution >= 0.6 is 22.6 Å². The second-order valence-corrected chi connectivity index (χ2v) is 6.70. The van der Waals surface area contributed by atoms with Gasteiger partial charge in [-0.05, 0) is 64.9 Å². The van der Waals surface area contributed by atoms with Crippen molar-refractivity contribution in [2.45, 2.75) is 13.3 Å². The first-order valence-corrected chi connectivity index (χ1v) is 8.88. The van der Waals surface area contributed by atoms with Crippen molar-refractivity contribution < 1.29 is 13.9 Å². The van der Waals surface area contributed by atoms with Gasteiger partial charge >= 0.3 is 5.63 Å². The molecule has 6 heteroatoms. The van der Waals surface area contributed by atoms with Crippen molar-refractivity contribution in [3.8, 4) is 5.75 Å². The van der Waals surface area contributed by atoms with Crippen molar-refractivity contribution in [2.24, 2.45) is 0 Å². The Morgan fingerprint density at radius 3 is 2.80 bits per heavy atom. The molecule has 3 aromatic rings. The van der Waals surface area contributed by atoms with Gasteiger partial charge in [-0.2, -0.15) is 0 Å². The summed E-state index contributed by atoms with van der Waals surface area (Å²) in [6.07, 6.45) is 0.737. The third-order valence-corrected chi connectivity index (χ3v) is 4.33. The van der Waals surface area contributed by atoms with E-state index in [1.54, 1.807) is 12.1 Å². The zero-order valence-electron chi connectivity index (χ0n) is 13.5. The predicted octanol–water partition coefficient (Wildman–Crippen LogP) is 3.98. The fourth-order valence-corrected chi connectivity index (χ4v) is 3.05. The van der Waals surface area contributed by atoms with Crippen LogP contribution in [0.1, 0.15) is 12.5 Å². The molecule has 0 fully saturated rings. The molecule has 0 radical (unpaired) electrons. The summed E-state index contributed by atoms with van der Waals surface area (Å²) in [7, 11) is 0. The van der Waals surface area contributed by atoms with E-state index in [-0.39, 0.29) is 12.5 Å². The first-order valence-electron chi connectivity index (χ1n) is 7.80. The molecule has 5 nitrogen and oxygen atoms in total. The molecule has 1 heterocycles. The molecule has 0 atom stereocenters. The maximum Gasteiger partial charge on any atom is 0.336 e. The topological polar surface area (TPSA) is 68.5 Å². The number of halogens is 1. The molecule has 0 saturated heterocycles. The SMILES string of the molecule is CCc1cc(=O)oc2cc(OCC(=O)Nc3cccc(I)c3)ccc12. The quantitative estimate of drug-likeness (QED) is 0.473. The summed E-state index contributed by atoms with van der Waals surface area (Å²) < 4.78 is 11.8. The van der Waals surface area contributed by atoms with E-state index in [0.29, 0.717) is 11.3 Å². The number of hydrogen-bond donors (Lipinski definition) is 1. The molecule has 1 amide bonds. The van der Waals surface area contributed by atoms with Crippen molar-refractivity contribution in [1.82, 2.24) is 0 Å². The van der Waals surface area contributed by atoms with Crippen LogP contribution < -0.4 is 15.7 Å². The second-order valence-electron chi connectivity index (χ2n) is 5.45. The number of anilines is 1. The number of amides is 1. The van der Waals surface area contributed by atoms with Gasteiger partial charge in [-0.1, -0.05) is 13.0 Å². The number of hydrogen-bond acceptors (Lipinski definition) is 4. The summed E-state index contributed by atoms with van der Waals surface area (Å²) >= 11 is 2.18. The highest BCUT2D eigenvalue weighted by Gasteiger charge is 2.08. The Kier molecular flexibility index (Phi) is 5.37. The van der Waals surface area contributed by atoms with Crippen LogP contribution in [-0.2, 0) is 11.2 Å². The summed E-state index contributed by atoms with van der Waals surface area (Å²) in [5.41, 5.74) is 1.71. The van der Waals surface area contributed by atoms with Gasteiger partial charge in [-0.25, -0.2) is 4.79 Å². The van der Waals surface area contributed by atoms with E-state index in [9.17, 15) is 9.59 Å². The van der Waals surface area contributed by atoms with Gasteiger partial charge in [0.25, 0.3) is 5.91 Å². The summed E-state index contributed by atoms with van der Waals surface area (Å²) in [5, 5.41) is 3.65. The normalized spacial score (nSPS) is 10.6. The first-order chi connectivity index (χ1) is 12.0. The van der Waals surface area contributed by atoms with Crippen LogP contribution in [0.3, 0.4) is 0 Å². The van der Waals surface area contributed by atoms with Gasteiger partial charge in [0.15, 0.2) is 6.61 Å². The Hall–Kier alpha value is -2.35. The highest BCUT2D eigenvalue weighted by Crippen LogP contribution is 2.23. The van der Waals surface area contributed by atoms with Gasteiger partial charge in [-0.3, -0.25) is 4.79 Å². The number of nitrogens with one attached hydrogen (secondary N) is 1. The first kappa shape index (κ1) is 17.5. The van der Waals surface area contributed by atoms with Gasteiger partial charge in [0.2, 0.25) is 0 Å². The molecule has 0 spiro atoms. The molecule has 2 aromatic carbocycles. The van der Waals surface area contributed by atoms with Crippen molar-refractivity contribution in [3.63, 3.8) is 0 Å². The molecule has 0 saturated carbocycles. The lowest BCUT2D eigenvalue weighted by Crippen LogP contribution is -2.20. The van der Waals surface area contributed by atoms with Crippen LogP contribution in [0.15, 0.2) is 57.7 Å². The van der Waals surface area contributed by atoms with Crippen LogP contribution in [0.4, 0.5) is 5.69 Å². The van der Waals surface area contributed by atoms with Gasteiger partial charge < -0.3 is 14.5 Å². The van der Waals surface area contributed by atoms with E-state index in [0.717, 1.165) is 26.6 Å². The minimum atomic E-state index is -0.391. The lowest BCUT2D eigenvalue weighted by molar-refractivity contribution is -0.118. The highest BCUT2D eigenvalue weighted by molar-refractivity contribution is 14.1. The lowest BCUT2D eigenvalue weighted by atomic mass is 10.1. The van der Waals surface area contributed by atoms with Gasteiger partial charge in [-0.15, -0.1) is 0 Å². The molecule has 3 rings (SSSR count). The molecule has 1 N–H and O–H groups in total. The molecule has 0 aliphatic heterocycles. The number of carbonyl (C=O) groups excluding carboxylic acids is 1. The van der Waals surface area contributed by atoms with Crippen LogP contribution in [0, 0.1) is 3.57 Å². The Morgan fingerprint density at radius 2 is 2.04 bits per heavy atom. The van der Waals surface area contributed by atoms with Crippen molar-refractivity contribution in [1.29, 1.82) is 0 Å². The number of aryl methyl sites for hydroxylation is 1. The van der Waals surface area contributed by atoms with Crippen LogP contribution in [-0.4, -0.2) is 12.5 Å². The van der Waals surface area contributed by atoms with Crippen molar-refractivity contribution >= 4 is 45.2 Å². The van der Waals surface area contributed by atoms with E-state index in [4.69, 9.17) is 9.15 Å². The maximum atomic E-state index is 12.0. The summed E-state index contributed by atoms with van der Waals surface area (Å²) in [5.74, 6) is 0.215. The van der Waals surface area contributed by atoms with E-state index in [1.807, 2.05) is 37.3 Å². The number of carbonyl (C=O) groups is 1. The molecule has 25 heavy (non-hydrogen) atoms. The van der Waals surface area contributed by atoms with Crippen molar-refractivity contribution in [2.75, 3.05) is 11.9 Å². The zero-order chi connectivity index (χ0) is 17.8. The van der Waals surface area contributed by atoms with Gasteiger partial charge in [0.05, 0.1) is 0 Å². The highest BCUT2D eigenvalue weighted by atomic mass is 127. The van der Waals surface area contributed by atoms with Gasteiger partial charge in [0.1, 0.15) is 11.3 Å². The third kappa shape index (κ3) is 4.39. The van der Waals surface area contributed by atoms with E-state index >= 15 is 0 Å². The average Bonchev–Trinajstić information content (AvgIpc) is 2.58. The predicted molar refractivity (Wildman–Crippen MR) is 105 cm³/mol. The molecule has 0 aliphatic carbocycles. The lowest BCUT2D eigenvalue weighted by Gasteiger charge is -2.09. The molecule has 1 aromatic heterocycles.